The molecule has 3 heterocycles. The van der Waals surface area contributed by atoms with Crippen molar-refractivity contribution in [1.82, 2.24) is 19.9 Å². The smallest absolute Gasteiger partial charge is 0.261 e. The van der Waals surface area contributed by atoms with Gasteiger partial charge < -0.3 is 29.8 Å². The Morgan fingerprint density at radius 1 is 1.16 bits per heavy atom. The number of anilines is 1. The standard InChI is InChI=1S/C23H35N5O4/c1-31-13-16(14-32-2)26-23-25-11-19-21(27-23)20(15-3-5-18(29)6-4-15)12-28(22(19)30)17-7-9-24-10-8-17/h11-12,15-18,24,29H,3-10,13-14H2,1-2H3,(H,25,26,27). The van der Waals surface area contributed by atoms with Crippen LogP contribution in [0.2, 0.25) is 0 Å². The monoisotopic (exact) mass is 445 g/mol. The van der Waals surface area contributed by atoms with E-state index >= 15 is 0 Å². The van der Waals surface area contributed by atoms with Crippen LogP contribution in [0.1, 0.15) is 56.0 Å². The lowest BCUT2D eigenvalue weighted by Crippen LogP contribution is -2.35. The predicted molar refractivity (Wildman–Crippen MR) is 123 cm³/mol. The van der Waals surface area contributed by atoms with Gasteiger partial charge in [0.05, 0.1) is 36.3 Å². The van der Waals surface area contributed by atoms with Crippen LogP contribution in [0.5, 0.6) is 0 Å². The maximum atomic E-state index is 13.4. The summed E-state index contributed by atoms with van der Waals surface area (Å²) in [6, 6.07) is 0.0949. The molecule has 0 unspecified atom stereocenters. The summed E-state index contributed by atoms with van der Waals surface area (Å²) >= 11 is 0. The molecule has 4 rings (SSSR count). The second-order valence-electron chi connectivity index (χ2n) is 8.99. The van der Waals surface area contributed by atoms with Crippen molar-refractivity contribution in [3.63, 3.8) is 0 Å². The Morgan fingerprint density at radius 2 is 1.84 bits per heavy atom. The van der Waals surface area contributed by atoms with E-state index in [1.165, 1.54) is 0 Å². The number of aromatic nitrogens is 3. The third kappa shape index (κ3) is 5.11. The summed E-state index contributed by atoms with van der Waals surface area (Å²) in [4.78, 5) is 22.7. The van der Waals surface area contributed by atoms with E-state index in [1.54, 1.807) is 20.4 Å². The van der Waals surface area contributed by atoms with E-state index in [1.807, 2.05) is 10.8 Å². The molecule has 32 heavy (non-hydrogen) atoms. The van der Waals surface area contributed by atoms with Gasteiger partial charge in [-0.2, -0.15) is 0 Å². The molecule has 0 radical (unpaired) electrons. The van der Waals surface area contributed by atoms with E-state index in [-0.39, 0.29) is 29.7 Å². The number of ether oxygens (including phenoxy) is 2. The highest BCUT2D eigenvalue weighted by Gasteiger charge is 2.27. The minimum Gasteiger partial charge on any atom is -0.393 e. The van der Waals surface area contributed by atoms with Crippen molar-refractivity contribution in [2.75, 3.05) is 45.8 Å². The molecule has 0 spiro atoms. The lowest BCUT2D eigenvalue weighted by atomic mass is 9.82. The lowest BCUT2D eigenvalue weighted by molar-refractivity contribution is 0.122. The zero-order valence-corrected chi connectivity index (χ0v) is 19.0. The van der Waals surface area contributed by atoms with Crippen LogP contribution < -0.4 is 16.2 Å². The molecule has 0 aromatic carbocycles. The van der Waals surface area contributed by atoms with Crippen LogP contribution in [0.3, 0.4) is 0 Å². The first-order valence-corrected chi connectivity index (χ1v) is 11.7. The van der Waals surface area contributed by atoms with Crippen LogP contribution in [0.4, 0.5) is 5.95 Å². The molecule has 2 fully saturated rings. The van der Waals surface area contributed by atoms with E-state index in [9.17, 15) is 9.90 Å². The fourth-order valence-corrected chi connectivity index (χ4v) is 4.99. The number of nitrogens with zero attached hydrogens (tertiary/aromatic N) is 3. The van der Waals surface area contributed by atoms with Crippen LogP contribution in [-0.4, -0.2) is 72.3 Å². The molecule has 2 aromatic rings. The van der Waals surface area contributed by atoms with Gasteiger partial charge in [-0.1, -0.05) is 0 Å². The van der Waals surface area contributed by atoms with E-state index in [0.29, 0.717) is 30.1 Å². The SMILES string of the molecule is COCC(COC)Nc1ncc2c(=O)n(C3CCNCC3)cc(C3CCC(O)CC3)c2n1. The lowest BCUT2D eigenvalue weighted by Gasteiger charge is -2.29. The molecule has 1 aliphatic heterocycles. The number of nitrogens with one attached hydrogen (secondary N) is 2. The molecule has 9 nitrogen and oxygen atoms in total. The zero-order chi connectivity index (χ0) is 22.5. The fourth-order valence-electron chi connectivity index (χ4n) is 4.99. The Morgan fingerprint density at radius 3 is 2.50 bits per heavy atom. The summed E-state index contributed by atoms with van der Waals surface area (Å²) < 4.78 is 12.4. The van der Waals surface area contributed by atoms with Gasteiger partial charge in [-0.3, -0.25) is 4.79 Å². The quantitative estimate of drug-likeness (QED) is 0.564. The Balaban J connectivity index is 1.75. The van der Waals surface area contributed by atoms with Gasteiger partial charge in [0.25, 0.3) is 5.56 Å². The van der Waals surface area contributed by atoms with Gasteiger partial charge in [0, 0.05) is 32.7 Å². The second-order valence-corrected chi connectivity index (χ2v) is 8.99. The van der Waals surface area contributed by atoms with Gasteiger partial charge in [0.15, 0.2) is 0 Å². The molecule has 2 aromatic heterocycles. The van der Waals surface area contributed by atoms with Gasteiger partial charge in [-0.25, -0.2) is 9.97 Å². The largest absolute Gasteiger partial charge is 0.393 e. The number of hydrogen-bond acceptors (Lipinski definition) is 8. The average Bonchev–Trinajstić information content (AvgIpc) is 2.81. The summed E-state index contributed by atoms with van der Waals surface area (Å²) in [7, 11) is 3.29. The Kier molecular flexibility index (Phi) is 7.72. The summed E-state index contributed by atoms with van der Waals surface area (Å²) in [5, 5.41) is 17.2. The van der Waals surface area contributed by atoms with Crippen LogP contribution >= 0.6 is 0 Å². The first kappa shape index (κ1) is 23.1. The van der Waals surface area contributed by atoms with Crippen molar-refractivity contribution < 1.29 is 14.6 Å². The van der Waals surface area contributed by atoms with Gasteiger partial charge >= 0.3 is 0 Å². The third-order valence-corrected chi connectivity index (χ3v) is 6.71. The Bertz CT molecular complexity index is 945. The second kappa shape index (κ2) is 10.7. The Labute approximate surface area is 188 Å². The number of rotatable bonds is 8. The summed E-state index contributed by atoms with van der Waals surface area (Å²) in [5.41, 5.74) is 1.78. The maximum Gasteiger partial charge on any atom is 0.261 e. The molecule has 0 atom stereocenters. The molecule has 9 heteroatoms. The number of aliphatic hydroxyl groups excluding tert-OH is 1. The van der Waals surface area contributed by atoms with Crippen molar-refractivity contribution in [2.45, 2.75) is 62.6 Å². The Hall–Kier alpha value is -2.07. The number of methoxy groups -OCH3 is 2. The van der Waals surface area contributed by atoms with Crippen molar-refractivity contribution in [2.24, 2.45) is 0 Å². The molecule has 176 valence electrons. The summed E-state index contributed by atoms with van der Waals surface area (Å²) in [6.07, 6.45) is 8.67. The molecule has 0 amide bonds. The van der Waals surface area contributed by atoms with Gasteiger partial charge in [-0.05, 0) is 63.1 Å². The minimum absolute atomic E-state index is 0.0247. The number of piperidine rings is 1. The van der Waals surface area contributed by atoms with Gasteiger partial charge in [-0.15, -0.1) is 0 Å². The van der Waals surface area contributed by atoms with Crippen molar-refractivity contribution >= 4 is 16.9 Å². The first-order chi connectivity index (χ1) is 15.6. The van der Waals surface area contributed by atoms with Crippen LogP contribution in [0.15, 0.2) is 17.2 Å². The third-order valence-electron chi connectivity index (χ3n) is 6.71. The first-order valence-electron chi connectivity index (χ1n) is 11.7. The van der Waals surface area contributed by atoms with Crippen LogP contribution in [0, 0.1) is 0 Å². The van der Waals surface area contributed by atoms with E-state index in [0.717, 1.165) is 57.2 Å². The number of hydrogen-bond donors (Lipinski definition) is 3. The highest BCUT2D eigenvalue weighted by Crippen LogP contribution is 2.36. The minimum atomic E-state index is -0.233. The topological polar surface area (TPSA) is 111 Å². The number of aliphatic hydroxyl groups is 1. The van der Waals surface area contributed by atoms with Crippen LogP contribution in [0.25, 0.3) is 10.9 Å². The molecule has 1 aliphatic carbocycles. The van der Waals surface area contributed by atoms with Crippen molar-refractivity contribution in [1.29, 1.82) is 0 Å². The summed E-state index contributed by atoms with van der Waals surface area (Å²) in [5.74, 6) is 0.735. The molecule has 1 saturated carbocycles. The molecule has 1 saturated heterocycles. The van der Waals surface area contributed by atoms with Crippen molar-refractivity contribution in [3.05, 3.63) is 28.3 Å². The van der Waals surface area contributed by atoms with E-state index < -0.39 is 0 Å². The van der Waals surface area contributed by atoms with E-state index in [2.05, 4.69) is 15.6 Å². The predicted octanol–water partition coefficient (Wildman–Crippen LogP) is 1.81. The normalized spacial score (nSPS) is 22.5. The molecule has 3 N–H and O–H groups in total. The average molecular weight is 446 g/mol. The zero-order valence-electron chi connectivity index (χ0n) is 19.0. The molecular formula is C23H35N5O4. The fraction of sp³-hybridized carbons (Fsp3) is 0.696. The highest BCUT2D eigenvalue weighted by atomic mass is 16.5. The highest BCUT2D eigenvalue weighted by molar-refractivity contribution is 5.81. The molecular weight excluding hydrogens is 410 g/mol. The summed E-state index contributed by atoms with van der Waals surface area (Å²) in [6.45, 7) is 2.75. The number of fused-ring (bicyclic) bond motifs is 1. The molecule has 2 aliphatic rings. The van der Waals surface area contributed by atoms with Gasteiger partial charge in [0.1, 0.15) is 0 Å². The maximum absolute atomic E-state index is 13.4. The van der Waals surface area contributed by atoms with E-state index in [4.69, 9.17) is 14.5 Å². The van der Waals surface area contributed by atoms with Crippen molar-refractivity contribution in [3.8, 4) is 0 Å². The number of pyridine rings is 1. The van der Waals surface area contributed by atoms with Gasteiger partial charge in [0.2, 0.25) is 5.95 Å². The molecule has 0 bridgehead atoms. The van der Waals surface area contributed by atoms with Crippen LogP contribution in [-0.2, 0) is 9.47 Å².